The summed E-state index contributed by atoms with van der Waals surface area (Å²) in [7, 11) is 0. The highest BCUT2D eigenvalue weighted by molar-refractivity contribution is 6.31. The maximum Gasteiger partial charge on any atom is 0.0551 e. The molecule has 0 fully saturated rings. The number of para-hydroxylation sites is 1. The fourth-order valence-electron chi connectivity index (χ4n) is 3.50. The summed E-state index contributed by atoms with van der Waals surface area (Å²) in [6, 6.07) is 25.9. The zero-order valence-electron chi connectivity index (χ0n) is 11.4. The van der Waals surface area contributed by atoms with Gasteiger partial charge in [0.1, 0.15) is 0 Å². The van der Waals surface area contributed by atoms with Crippen LogP contribution in [0.15, 0.2) is 72.8 Å². The predicted molar refractivity (Wildman–Crippen MR) is 90.8 cm³/mol. The molecule has 0 bridgehead atoms. The minimum absolute atomic E-state index is 1.20. The molecule has 21 heavy (non-hydrogen) atoms. The monoisotopic (exact) mass is 267 g/mol. The summed E-state index contributed by atoms with van der Waals surface area (Å²) in [5.41, 5.74) is 2.44. The van der Waals surface area contributed by atoms with E-state index in [2.05, 4.69) is 77.8 Å². The van der Waals surface area contributed by atoms with E-state index in [9.17, 15) is 0 Å². The second-order valence-corrected chi connectivity index (χ2v) is 5.51. The second-order valence-electron chi connectivity index (χ2n) is 5.51. The molecule has 0 unspecified atom stereocenters. The van der Waals surface area contributed by atoms with Crippen molar-refractivity contribution in [1.29, 1.82) is 0 Å². The van der Waals surface area contributed by atoms with Gasteiger partial charge in [-0.25, -0.2) is 0 Å². The zero-order chi connectivity index (χ0) is 13.8. The number of hydrogen-bond donors (Lipinski definition) is 1. The van der Waals surface area contributed by atoms with Gasteiger partial charge in [-0.2, -0.15) is 0 Å². The summed E-state index contributed by atoms with van der Waals surface area (Å²) in [5.74, 6) is 0. The van der Waals surface area contributed by atoms with E-state index in [1.807, 2.05) is 0 Å². The summed E-state index contributed by atoms with van der Waals surface area (Å²) in [6.07, 6.45) is 0. The van der Waals surface area contributed by atoms with Crippen molar-refractivity contribution in [3.8, 4) is 0 Å². The summed E-state index contributed by atoms with van der Waals surface area (Å²) >= 11 is 0. The molecule has 1 N–H and O–H groups in total. The van der Waals surface area contributed by atoms with Gasteiger partial charge < -0.3 is 4.98 Å². The van der Waals surface area contributed by atoms with Crippen molar-refractivity contribution < 1.29 is 0 Å². The Kier molecular flexibility index (Phi) is 2.01. The average Bonchev–Trinajstić information content (AvgIpc) is 2.95. The van der Waals surface area contributed by atoms with Gasteiger partial charge in [0.25, 0.3) is 0 Å². The first-order valence-electron chi connectivity index (χ1n) is 7.23. The Morgan fingerprint density at radius 1 is 0.476 bits per heavy atom. The Labute approximate surface area is 121 Å². The Morgan fingerprint density at radius 3 is 1.76 bits per heavy atom. The topological polar surface area (TPSA) is 15.8 Å². The Morgan fingerprint density at radius 2 is 1.00 bits per heavy atom. The minimum atomic E-state index is 1.20. The molecule has 1 heterocycles. The van der Waals surface area contributed by atoms with E-state index >= 15 is 0 Å². The van der Waals surface area contributed by atoms with Crippen LogP contribution in [0.25, 0.3) is 43.4 Å². The van der Waals surface area contributed by atoms with Gasteiger partial charge in [0.05, 0.1) is 5.52 Å². The van der Waals surface area contributed by atoms with Crippen LogP contribution in [0.4, 0.5) is 0 Å². The zero-order valence-corrected chi connectivity index (χ0v) is 11.4. The molecule has 4 aromatic carbocycles. The summed E-state index contributed by atoms with van der Waals surface area (Å²) in [6.45, 7) is 0. The fraction of sp³-hybridized carbons (Fsp3) is 0. The number of nitrogens with one attached hydrogen (secondary N) is 1. The lowest BCUT2D eigenvalue weighted by atomic mass is 9.97. The van der Waals surface area contributed by atoms with Crippen molar-refractivity contribution in [1.82, 2.24) is 4.98 Å². The van der Waals surface area contributed by atoms with Crippen molar-refractivity contribution in [2.24, 2.45) is 0 Å². The van der Waals surface area contributed by atoms with E-state index in [1.54, 1.807) is 0 Å². The minimum Gasteiger partial charge on any atom is -0.354 e. The molecule has 0 atom stereocenters. The molecule has 98 valence electrons. The third-order valence-corrected chi connectivity index (χ3v) is 4.39. The maximum absolute atomic E-state index is 3.61. The molecule has 0 amide bonds. The van der Waals surface area contributed by atoms with Gasteiger partial charge >= 0.3 is 0 Å². The van der Waals surface area contributed by atoms with Crippen molar-refractivity contribution >= 4 is 43.4 Å². The van der Waals surface area contributed by atoms with E-state index in [-0.39, 0.29) is 0 Å². The highest BCUT2D eigenvalue weighted by atomic mass is 14.7. The molecule has 0 aliphatic heterocycles. The highest BCUT2D eigenvalue weighted by Gasteiger charge is 2.12. The third-order valence-electron chi connectivity index (χ3n) is 4.39. The molecule has 0 saturated heterocycles. The molecule has 0 aliphatic rings. The number of aromatic amines is 1. The highest BCUT2D eigenvalue weighted by Crippen LogP contribution is 2.38. The lowest BCUT2D eigenvalue weighted by Gasteiger charge is -2.06. The Hall–Kier alpha value is -2.80. The van der Waals surface area contributed by atoms with E-state index < -0.39 is 0 Å². The predicted octanol–water partition coefficient (Wildman–Crippen LogP) is 5.63. The van der Waals surface area contributed by atoms with E-state index in [0.29, 0.717) is 0 Å². The van der Waals surface area contributed by atoms with Crippen LogP contribution in [0.5, 0.6) is 0 Å². The lowest BCUT2D eigenvalue weighted by molar-refractivity contribution is 1.56. The van der Waals surface area contributed by atoms with Crippen LogP contribution in [0, 0.1) is 0 Å². The number of rotatable bonds is 0. The molecular formula is C20H13N. The maximum atomic E-state index is 3.61. The SMILES string of the molecule is c1ccc2c(c1)[nH]c1c3ccccc3c3ccccc3c21. The molecule has 5 rings (SSSR count). The van der Waals surface area contributed by atoms with Crippen LogP contribution in [0.3, 0.4) is 0 Å². The molecule has 0 spiro atoms. The number of hydrogen-bond acceptors (Lipinski definition) is 0. The molecular weight excluding hydrogens is 254 g/mol. The normalized spacial score (nSPS) is 11.8. The number of fused-ring (bicyclic) bond motifs is 8. The molecule has 1 aromatic heterocycles. The van der Waals surface area contributed by atoms with Gasteiger partial charge in [-0.1, -0.05) is 66.7 Å². The van der Waals surface area contributed by atoms with Gasteiger partial charge in [-0.3, -0.25) is 0 Å². The molecule has 1 heteroatoms. The van der Waals surface area contributed by atoms with E-state index in [4.69, 9.17) is 0 Å². The number of aromatic nitrogens is 1. The van der Waals surface area contributed by atoms with Gasteiger partial charge in [0.2, 0.25) is 0 Å². The number of H-pyrrole nitrogens is 1. The fourth-order valence-corrected chi connectivity index (χ4v) is 3.50. The van der Waals surface area contributed by atoms with E-state index in [0.717, 1.165) is 0 Å². The molecule has 5 aromatic rings. The summed E-state index contributed by atoms with van der Waals surface area (Å²) < 4.78 is 0. The van der Waals surface area contributed by atoms with Gasteiger partial charge in [0, 0.05) is 21.7 Å². The van der Waals surface area contributed by atoms with Crippen molar-refractivity contribution in [2.75, 3.05) is 0 Å². The first-order chi connectivity index (χ1) is 10.4. The van der Waals surface area contributed by atoms with Gasteiger partial charge in [0.15, 0.2) is 0 Å². The van der Waals surface area contributed by atoms with Crippen molar-refractivity contribution in [2.45, 2.75) is 0 Å². The average molecular weight is 267 g/mol. The van der Waals surface area contributed by atoms with E-state index in [1.165, 1.54) is 43.4 Å². The first kappa shape index (κ1) is 10.9. The standard InChI is InChI=1S/C20H13N/c1-3-9-15-13(7-1)14-8-2-4-10-16(14)20-19(15)17-11-5-6-12-18(17)21-20/h1-12,21H. The second kappa shape index (κ2) is 3.86. The van der Waals surface area contributed by atoms with Gasteiger partial charge in [-0.15, -0.1) is 0 Å². The third kappa shape index (κ3) is 1.35. The Balaban J connectivity index is 2.25. The Bertz CT molecular complexity index is 1130. The van der Waals surface area contributed by atoms with Crippen LogP contribution >= 0.6 is 0 Å². The smallest absolute Gasteiger partial charge is 0.0551 e. The van der Waals surface area contributed by atoms with Crippen molar-refractivity contribution in [3.63, 3.8) is 0 Å². The summed E-state index contributed by atoms with van der Waals surface area (Å²) in [5, 5.41) is 7.89. The van der Waals surface area contributed by atoms with Crippen LogP contribution in [-0.2, 0) is 0 Å². The van der Waals surface area contributed by atoms with Crippen LogP contribution in [0.1, 0.15) is 0 Å². The number of benzene rings is 4. The van der Waals surface area contributed by atoms with Crippen molar-refractivity contribution in [3.05, 3.63) is 72.8 Å². The molecule has 0 aliphatic carbocycles. The molecule has 0 saturated carbocycles. The van der Waals surface area contributed by atoms with Crippen LogP contribution < -0.4 is 0 Å². The molecule has 1 nitrogen and oxygen atoms in total. The first-order valence-corrected chi connectivity index (χ1v) is 7.23. The largest absolute Gasteiger partial charge is 0.354 e. The molecule has 0 radical (unpaired) electrons. The summed E-state index contributed by atoms with van der Waals surface area (Å²) in [4.78, 5) is 3.61. The van der Waals surface area contributed by atoms with Crippen LogP contribution in [-0.4, -0.2) is 4.98 Å². The lowest BCUT2D eigenvalue weighted by Crippen LogP contribution is -1.80. The van der Waals surface area contributed by atoms with Gasteiger partial charge in [-0.05, 0) is 22.2 Å². The quantitative estimate of drug-likeness (QED) is 0.350. The van der Waals surface area contributed by atoms with Crippen LogP contribution in [0.2, 0.25) is 0 Å².